The third-order valence-electron chi connectivity index (χ3n) is 4.49. The smallest absolute Gasteiger partial charge is 0.0677 e. The highest BCUT2D eigenvalue weighted by Crippen LogP contribution is 2.51. The predicted octanol–water partition coefficient (Wildman–Crippen LogP) is 3.94. The Morgan fingerprint density at radius 3 is 2.15 bits per heavy atom. The van der Waals surface area contributed by atoms with E-state index in [2.05, 4.69) is 56.3 Å². The molecule has 1 saturated carbocycles. The number of rotatable bonds is 4. The number of hydrogen-bond donors (Lipinski definition) is 1. The molecule has 1 fully saturated rings. The molecule has 2 aromatic rings. The highest BCUT2D eigenvalue weighted by atomic mass is 16.3. The highest BCUT2D eigenvalue weighted by molar-refractivity contribution is 5.35. The average molecular weight is 266 g/mol. The first kappa shape index (κ1) is 13.4. The summed E-state index contributed by atoms with van der Waals surface area (Å²) in [6.07, 6.45) is 2.66. The molecule has 3 rings (SSSR count). The molecule has 0 spiro atoms. The van der Waals surface area contributed by atoms with E-state index in [4.69, 9.17) is 0 Å². The van der Waals surface area contributed by atoms with Gasteiger partial charge in [-0.3, -0.25) is 0 Å². The molecule has 104 valence electrons. The van der Waals surface area contributed by atoms with Gasteiger partial charge >= 0.3 is 0 Å². The van der Waals surface area contributed by atoms with E-state index in [9.17, 15) is 5.11 Å². The molecule has 0 aliphatic heterocycles. The summed E-state index contributed by atoms with van der Waals surface area (Å²) in [6.45, 7) is 4.24. The maximum Gasteiger partial charge on any atom is 0.0677 e. The summed E-state index contributed by atoms with van der Waals surface area (Å²) in [7, 11) is 0. The van der Waals surface area contributed by atoms with Gasteiger partial charge < -0.3 is 5.11 Å². The van der Waals surface area contributed by atoms with E-state index in [1.807, 2.05) is 6.07 Å². The van der Waals surface area contributed by atoms with Crippen LogP contribution in [0.15, 0.2) is 48.5 Å². The first-order valence-electron chi connectivity index (χ1n) is 7.41. The monoisotopic (exact) mass is 266 g/mol. The van der Waals surface area contributed by atoms with E-state index in [-0.39, 0.29) is 11.5 Å². The first-order valence-corrected chi connectivity index (χ1v) is 7.41. The quantitative estimate of drug-likeness (QED) is 0.888. The van der Waals surface area contributed by atoms with Crippen molar-refractivity contribution in [3.8, 4) is 0 Å². The van der Waals surface area contributed by atoms with E-state index in [1.54, 1.807) is 0 Å². The predicted molar refractivity (Wildman–Crippen MR) is 83.0 cm³/mol. The van der Waals surface area contributed by atoms with Gasteiger partial charge in [0.2, 0.25) is 0 Å². The minimum absolute atomic E-state index is 0.00108. The van der Waals surface area contributed by atoms with Gasteiger partial charge in [0.05, 0.1) is 6.10 Å². The molecule has 1 aliphatic rings. The summed E-state index contributed by atoms with van der Waals surface area (Å²) >= 11 is 0. The topological polar surface area (TPSA) is 20.2 Å². The lowest BCUT2D eigenvalue weighted by molar-refractivity contribution is 0.131. The maximum atomic E-state index is 10.7. The van der Waals surface area contributed by atoms with Crippen molar-refractivity contribution in [1.29, 1.82) is 0 Å². The number of aliphatic hydroxyl groups is 1. The molecule has 2 aromatic carbocycles. The van der Waals surface area contributed by atoms with Crippen LogP contribution in [-0.4, -0.2) is 11.2 Å². The molecule has 0 amide bonds. The van der Waals surface area contributed by atoms with E-state index < -0.39 is 0 Å². The molecule has 1 N–H and O–H groups in total. The summed E-state index contributed by atoms with van der Waals surface area (Å²) < 4.78 is 0. The molecule has 1 atom stereocenters. The number of aliphatic hydroxyl groups excluding tert-OH is 1. The van der Waals surface area contributed by atoms with E-state index in [1.165, 1.54) is 22.3 Å². The van der Waals surface area contributed by atoms with Crippen molar-refractivity contribution in [2.75, 3.05) is 0 Å². The Labute approximate surface area is 121 Å². The second-order valence-electron chi connectivity index (χ2n) is 6.24. The van der Waals surface area contributed by atoms with Crippen molar-refractivity contribution in [3.05, 3.63) is 70.8 Å². The molecule has 0 radical (unpaired) electrons. The molecule has 0 aromatic heterocycles. The van der Waals surface area contributed by atoms with Gasteiger partial charge in [-0.25, -0.2) is 0 Å². The summed E-state index contributed by atoms with van der Waals surface area (Å²) in [4.78, 5) is 0. The average Bonchev–Trinajstić information content (AvgIpc) is 3.20. The van der Waals surface area contributed by atoms with Gasteiger partial charge in [0.25, 0.3) is 0 Å². The largest absolute Gasteiger partial charge is 0.392 e. The molecule has 1 unspecified atom stereocenters. The first-order chi connectivity index (χ1) is 9.60. The van der Waals surface area contributed by atoms with Gasteiger partial charge in [0.15, 0.2) is 0 Å². The highest BCUT2D eigenvalue weighted by Gasteiger charge is 2.49. The lowest BCUT2D eigenvalue weighted by atomic mass is 9.86. The Morgan fingerprint density at radius 1 is 1.00 bits per heavy atom. The van der Waals surface area contributed by atoms with Crippen LogP contribution in [0.25, 0.3) is 0 Å². The third kappa shape index (κ3) is 2.51. The van der Waals surface area contributed by atoms with Crippen molar-refractivity contribution in [3.63, 3.8) is 0 Å². The number of benzene rings is 2. The minimum atomic E-state index is -0.286. The van der Waals surface area contributed by atoms with Crippen LogP contribution in [-0.2, 0) is 11.8 Å². The molecule has 0 bridgehead atoms. The van der Waals surface area contributed by atoms with E-state index in [0.29, 0.717) is 0 Å². The second-order valence-corrected chi connectivity index (χ2v) is 6.24. The van der Waals surface area contributed by atoms with Crippen LogP contribution in [0.1, 0.15) is 35.1 Å². The molecule has 20 heavy (non-hydrogen) atoms. The number of hydrogen-bond acceptors (Lipinski definition) is 1. The molecule has 1 aliphatic carbocycles. The summed E-state index contributed by atoms with van der Waals surface area (Å²) in [6, 6.07) is 17.0. The normalized spacial score (nSPS) is 17.8. The lowest BCUT2D eigenvalue weighted by Crippen LogP contribution is -2.28. The molecule has 0 heterocycles. The molecule has 1 heteroatoms. The zero-order valence-electron chi connectivity index (χ0n) is 12.3. The van der Waals surface area contributed by atoms with Crippen LogP contribution in [0, 0.1) is 13.8 Å². The Balaban J connectivity index is 1.81. The number of aryl methyl sites for hydroxylation is 2. The van der Waals surface area contributed by atoms with Gasteiger partial charge in [0.1, 0.15) is 0 Å². The van der Waals surface area contributed by atoms with Crippen LogP contribution >= 0.6 is 0 Å². The van der Waals surface area contributed by atoms with Crippen molar-refractivity contribution in [2.45, 2.75) is 44.6 Å². The lowest BCUT2D eigenvalue weighted by Gasteiger charge is -2.23. The minimum Gasteiger partial charge on any atom is -0.392 e. The fourth-order valence-electron chi connectivity index (χ4n) is 3.32. The fraction of sp³-hybridized carbons (Fsp3) is 0.368. The van der Waals surface area contributed by atoms with Crippen molar-refractivity contribution >= 4 is 0 Å². The van der Waals surface area contributed by atoms with Gasteiger partial charge in [-0.2, -0.15) is 0 Å². The second kappa shape index (κ2) is 5.06. The standard InChI is InChI=1S/C19H22O/c1-14-10-15(2)12-16(11-14)13-18(20)19(8-9-19)17-6-4-3-5-7-17/h3-7,10-12,18,20H,8-9,13H2,1-2H3. The molecule has 0 saturated heterocycles. The Bertz CT molecular complexity index is 576. The van der Waals surface area contributed by atoms with Crippen LogP contribution < -0.4 is 0 Å². The maximum absolute atomic E-state index is 10.7. The Morgan fingerprint density at radius 2 is 1.60 bits per heavy atom. The fourth-order valence-corrected chi connectivity index (χ4v) is 3.32. The SMILES string of the molecule is Cc1cc(C)cc(CC(O)C2(c3ccccc3)CC2)c1. The van der Waals surface area contributed by atoms with Gasteiger partial charge in [0, 0.05) is 5.41 Å². The van der Waals surface area contributed by atoms with Crippen molar-refractivity contribution in [1.82, 2.24) is 0 Å². The van der Waals surface area contributed by atoms with Gasteiger partial charge in [-0.15, -0.1) is 0 Å². The summed E-state index contributed by atoms with van der Waals surface area (Å²) in [5, 5.41) is 10.7. The van der Waals surface area contributed by atoms with Gasteiger partial charge in [-0.1, -0.05) is 59.7 Å². The summed E-state index contributed by atoms with van der Waals surface area (Å²) in [5.74, 6) is 0. The zero-order chi connectivity index (χ0) is 14.2. The van der Waals surface area contributed by atoms with Crippen molar-refractivity contribution in [2.24, 2.45) is 0 Å². The van der Waals surface area contributed by atoms with E-state index in [0.717, 1.165) is 19.3 Å². The zero-order valence-corrected chi connectivity index (χ0v) is 12.3. The van der Waals surface area contributed by atoms with Crippen LogP contribution in [0.3, 0.4) is 0 Å². The van der Waals surface area contributed by atoms with E-state index >= 15 is 0 Å². The third-order valence-corrected chi connectivity index (χ3v) is 4.49. The molecule has 1 nitrogen and oxygen atoms in total. The van der Waals surface area contributed by atoms with Crippen molar-refractivity contribution < 1.29 is 5.11 Å². The van der Waals surface area contributed by atoms with Crippen LogP contribution in [0.4, 0.5) is 0 Å². The molecular weight excluding hydrogens is 244 g/mol. The molecular formula is C19H22O. The van der Waals surface area contributed by atoms with Gasteiger partial charge in [-0.05, 0) is 44.2 Å². The Kier molecular flexibility index (Phi) is 3.39. The summed E-state index contributed by atoms with van der Waals surface area (Å²) in [5.41, 5.74) is 5.08. The van der Waals surface area contributed by atoms with Crippen LogP contribution in [0.5, 0.6) is 0 Å². The Hall–Kier alpha value is -1.60. The van der Waals surface area contributed by atoms with Crippen LogP contribution in [0.2, 0.25) is 0 Å².